The molecule has 1 aliphatic carbocycles. The van der Waals surface area contributed by atoms with Gasteiger partial charge >= 0.3 is 0 Å². The van der Waals surface area contributed by atoms with Crippen molar-refractivity contribution in [1.29, 1.82) is 0 Å². The Hall–Kier alpha value is -0.870. The monoisotopic (exact) mass is 352 g/mol. The number of carbonyl (C=O) groups is 1. The van der Waals surface area contributed by atoms with Crippen LogP contribution in [-0.4, -0.2) is 18.5 Å². The lowest BCUT2D eigenvalue weighted by molar-refractivity contribution is -0.117. The minimum atomic E-state index is -0.0121. The van der Waals surface area contributed by atoms with Crippen LogP contribution < -0.4 is 10.6 Å². The lowest BCUT2D eigenvalue weighted by Gasteiger charge is -2.36. The summed E-state index contributed by atoms with van der Waals surface area (Å²) in [5.74, 6) is 0.104. The molecule has 3 nitrogen and oxygen atoms in total. The number of rotatable bonds is 4. The minimum absolute atomic E-state index is 0.0121. The second-order valence-corrected chi connectivity index (χ2v) is 7.03. The molecule has 21 heavy (non-hydrogen) atoms. The van der Waals surface area contributed by atoms with Crippen molar-refractivity contribution in [1.82, 2.24) is 5.32 Å². The molecule has 0 bridgehead atoms. The molecule has 0 saturated heterocycles. The molecule has 0 spiro atoms. The second-order valence-electron chi connectivity index (χ2n) is 6.24. The first-order chi connectivity index (χ1) is 9.96. The number of carbonyl (C=O) groups excluding carboxylic acids is 1. The van der Waals surface area contributed by atoms with Crippen LogP contribution in [0.1, 0.15) is 49.7 Å². The van der Waals surface area contributed by atoms with Crippen molar-refractivity contribution in [2.24, 2.45) is 0 Å². The summed E-state index contributed by atoms with van der Waals surface area (Å²) in [4.78, 5) is 12.4. The largest absolute Gasteiger partial charge is 0.326 e. The van der Waals surface area contributed by atoms with Crippen molar-refractivity contribution >= 4 is 27.5 Å². The average Bonchev–Trinajstić information content (AvgIpc) is 2.45. The highest BCUT2D eigenvalue weighted by molar-refractivity contribution is 9.10. The fourth-order valence-electron chi connectivity index (χ4n) is 3.27. The Bertz CT molecular complexity index is 499. The average molecular weight is 353 g/mol. The SMILES string of the molecule is CNC1(CC(=O)Nc2cc(C)c(Br)c(C)c2)CCCCC1. The maximum atomic E-state index is 12.4. The predicted octanol–water partition coefficient (Wildman–Crippen LogP) is 4.32. The van der Waals surface area contributed by atoms with E-state index in [9.17, 15) is 4.79 Å². The zero-order valence-corrected chi connectivity index (χ0v) is 14.8. The first-order valence-electron chi connectivity index (χ1n) is 7.71. The zero-order chi connectivity index (χ0) is 15.5. The number of benzene rings is 1. The molecule has 2 rings (SSSR count). The summed E-state index contributed by atoms with van der Waals surface area (Å²) in [6.45, 7) is 4.09. The van der Waals surface area contributed by atoms with Crippen LogP contribution >= 0.6 is 15.9 Å². The molecule has 0 radical (unpaired) electrons. The molecule has 1 amide bonds. The smallest absolute Gasteiger partial charge is 0.226 e. The molecule has 1 saturated carbocycles. The molecule has 0 atom stereocenters. The third kappa shape index (κ3) is 4.07. The lowest BCUT2D eigenvalue weighted by Crippen LogP contribution is -2.47. The molecular weight excluding hydrogens is 328 g/mol. The fourth-order valence-corrected chi connectivity index (χ4v) is 3.50. The predicted molar refractivity (Wildman–Crippen MR) is 91.7 cm³/mol. The van der Waals surface area contributed by atoms with Gasteiger partial charge in [0.15, 0.2) is 0 Å². The fraction of sp³-hybridized carbons (Fsp3) is 0.588. The van der Waals surface area contributed by atoms with Gasteiger partial charge in [-0.05, 0) is 57.0 Å². The highest BCUT2D eigenvalue weighted by Gasteiger charge is 2.32. The molecule has 0 aliphatic heterocycles. The van der Waals surface area contributed by atoms with Gasteiger partial charge < -0.3 is 10.6 Å². The number of halogens is 1. The van der Waals surface area contributed by atoms with Crippen molar-refractivity contribution in [3.8, 4) is 0 Å². The standard InChI is InChI=1S/C17H25BrN2O/c1-12-9-14(10-13(2)16(12)18)20-15(21)11-17(19-3)7-5-4-6-8-17/h9-10,19H,4-8,11H2,1-3H3,(H,20,21). The molecule has 0 heterocycles. The summed E-state index contributed by atoms with van der Waals surface area (Å²) in [5, 5.41) is 6.46. The number of hydrogen-bond donors (Lipinski definition) is 2. The topological polar surface area (TPSA) is 41.1 Å². The Kier molecular flexibility index (Phi) is 5.44. The summed E-state index contributed by atoms with van der Waals surface area (Å²) < 4.78 is 1.11. The van der Waals surface area contributed by atoms with E-state index in [1.165, 1.54) is 19.3 Å². The van der Waals surface area contributed by atoms with Gasteiger partial charge in [-0.25, -0.2) is 0 Å². The van der Waals surface area contributed by atoms with Gasteiger partial charge in [0.2, 0.25) is 5.91 Å². The van der Waals surface area contributed by atoms with Crippen molar-refractivity contribution < 1.29 is 4.79 Å². The van der Waals surface area contributed by atoms with E-state index in [4.69, 9.17) is 0 Å². The van der Waals surface area contributed by atoms with Crippen molar-refractivity contribution in [3.05, 3.63) is 27.7 Å². The van der Waals surface area contributed by atoms with Gasteiger partial charge in [-0.15, -0.1) is 0 Å². The number of amides is 1. The van der Waals surface area contributed by atoms with Crippen LogP contribution in [0.2, 0.25) is 0 Å². The van der Waals surface area contributed by atoms with E-state index in [-0.39, 0.29) is 11.4 Å². The second kappa shape index (κ2) is 6.93. The van der Waals surface area contributed by atoms with Crippen LogP contribution in [0, 0.1) is 13.8 Å². The number of aryl methyl sites for hydroxylation is 2. The number of anilines is 1. The first-order valence-corrected chi connectivity index (χ1v) is 8.51. The molecule has 4 heteroatoms. The van der Waals surface area contributed by atoms with Crippen LogP contribution in [0.15, 0.2) is 16.6 Å². The summed E-state index contributed by atoms with van der Waals surface area (Å²) in [6.07, 6.45) is 6.45. The Balaban J connectivity index is 2.04. The highest BCUT2D eigenvalue weighted by atomic mass is 79.9. The van der Waals surface area contributed by atoms with E-state index in [0.717, 1.165) is 34.1 Å². The van der Waals surface area contributed by atoms with Crippen LogP contribution in [-0.2, 0) is 4.79 Å². The number of hydrogen-bond acceptors (Lipinski definition) is 2. The third-order valence-corrected chi connectivity index (χ3v) is 5.81. The van der Waals surface area contributed by atoms with Crippen molar-refractivity contribution in [3.63, 3.8) is 0 Å². The van der Waals surface area contributed by atoms with E-state index >= 15 is 0 Å². The Labute approximate surface area is 136 Å². The van der Waals surface area contributed by atoms with Gasteiger partial charge in [-0.1, -0.05) is 35.2 Å². The molecule has 1 aromatic carbocycles. The molecule has 116 valence electrons. The minimum Gasteiger partial charge on any atom is -0.326 e. The Morgan fingerprint density at radius 1 is 1.19 bits per heavy atom. The quantitative estimate of drug-likeness (QED) is 0.847. The number of nitrogens with one attached hydrogen (secondary N) is 2. The molecule has 0 aromatic heterocycles. The molecule has 1 fully saturated rings. The molecule has 1 aliphatic rings. The normalized spacial score (nSPS) is 17.5. The van der Waals surface area contributed by atoms with E-state index < -0.39 is 0 Å². The summed E-state index contributed by atoms with van der Waals surface area (Å²) in [6, 6.07) is 4.03. The zero-order valence-electron chi connectivity index (χ0n) is 13.2. The maximum absolute atomic E-state index is 12.4. The first kappa shape index (κ1) is 16.5. The van der Waals surface area contributed by atoms with Gasteiger partial charge in [-0.2, -0.15) is 0 Å². The van der Waals surface area contributed by atoms with Crippen molar-refractivity contribution in [2.45, 2.75) is 57.9 Å². The van der Waals surface area contributed by atoms with E-state index in [0.29, 0.717) is 6.42 Å². The van der Waals surface area contributed by atoms with Crippen LogP contribution in [0.5, 0.6) is 0 Å². The lowest BCUT2D eigenvalue weighted by atomic mass is 9.79. The molecule has 2 N–H and O–H groups in total. The summed E-state index contributed by atoms with van der Waals surface area (Å²) in [7, 11) is 1.98. The van der Waals surface area contributed by atoms with Crippen molar-refractivity contribution in [2.75, 3.05) is 12.4 Å². The van der Waals surface area contributed by atoms with Gasteiger partial charge in [0.25, 0.3) is 0 Å². The van der Waals surface area contributed by atoms with Crippen LogP contribution in [0.25, 0.3) is 0 Å². The Morgan fingerprint density at radius 3 is 2.29 bits per heavy atom. The van der Waals surface area contributed by atoms with E-state index in [1.807, 2.05) is 33.0 Å². The van der Waals surface area contributed by atoms with Gasteiger partial charge in [-0.3, -0.25) is 4.79 Å². The van der Waals surface area contributed by atoms with Gasteiger partial charge in [0, 0.05) is 22.1 Å². The van der Waals surface area contributed by atoms with E-state index in [2.05, 4.69) is 26.6 Å². The molecule has 0 unspecified atom stereocenters. The molecule has 1 aromatic rings. The van der Waals surface area contributed by atoms with Crippen LogP contribution in [0.4, 0.5) is 5.69 Å². The van der Waals surface area contributed by atoms with Gasteiger partial charge in [0.1, 0.15) is 0 Å². The Morgan fingerprint density at radius 2 is 1.76 bits per heavy atom. The summed E-state index contributed by atoms with van der Waals surface area (Å²) >= 11 is 3.56. The van der Waals surface area contributed by atoms with E-state index in [1.54, 1.807) is 0 Å². The molecular formula is C17H25BrN2O. The third-order valence-electron chi connectivity index (χ3n) is 4.56. The van der Waals surface area contributed by atoms with Crippen LogP contribution in [0.3, 0.4) is 0 Å². The maximum Gasteiger partial charge on any atom is 0.226 e. The highest BCUT2D eigenvalue weighted by Crippen LogP contribution is 2.31. The van der Waals surface area contributed by atoms with Gasteiger partial charge in [0.05, 0.1) is 0 Å². The summed E-state index contributed by atoms with van der Waals surface area (Å²) in [5.41, 5.74) is 3.17.